The maximum absolute atomic E-state index is 12.0. The van der Waals surface area contributed by atoms with Crippen LogP contribution < -0.4 is 5.32 Å². The van der Waals surface area contributed by atoms with E-state index in [1.54, 1.807) is 6.92 Å². The summed E-state index contributed by atoms with van der Waals surface area (Å²) in [6.45, 7) is 3.69. The Labute approximate surface area is 126 Å². The van der Waals surface area contributed by atoms with Crippen LogP contribution in [0.5, 0.6) is 0 Å². The smallest absolute Gasteiger partial charge is 0.231 e. The average Bonchev–Trinajstić information content (AvgIpc) is 3.14. The normalized spacial score (nSPS) is 14.4. The molecule has 1 fully saturated rings. The number of hydrogen-bond acceptors (Lipinski definition) is 5. The van der Waals surface area contributed by atoms with E-state index in [2.05, 4.69) is 20.7 Å². The van der Waals surface area contributed by atoms with Crippen LogP contribution in [0.25, 0.3) is 0 Å². The van der Waals surface area contributed by atoms with E-state index in [0.717, 1.165) is 24.2 Å². The van der Waals surface area contributed by atoms with E-state index in [4.69, 9.17) is 16.1 Å². The van der Waals surface area contributed by atoms with E-state index < -0.39 is 0 Å². The van der Waals surface area contributed by atoms with Crippen LogP contribution in [0.2, 0.25) is 5.22 Å². The topological polar surface area (TPSA) is 85.8 Å². The quantitative estimate of drug-likeness (QED) is 0.916. The maximum Gasteiger partial charge on any atom is 0.231 e. The van der Waals surface area contributed by atoms with Crippen molar-refractivity contribution in [2.45, 2.75) is 45.6 Å². The molecule has 1 saturated carbocycles. The van der Waals surface area contributed by atoms with E-state index >= 15 is 0 Å². The van der Waals surface area contributed by atoms with Crippen LogP contribution in [0, 0.1) is 13.8 Å². The molecule has 0 atom stereocenters. The summed E-state index contributed by atoms with van der Waals surface area (Å²) in [5.41, 5.74) is 1.48. The van der Waals surface area contributed by atoms with Crippen molar-refractivity contribution < 1.29 is 9.32 Å². The highest BCUT2D eigenvalue weighted by molar-refractivity contribution is 6.29. The minimum absolute atomic E-state index is 0.124. The third-order valence-corrected chi connectivity index (χ3v) is 3.87. The fourth-order valence-electron chi connectivity index (χ4n) is 2.29. The first-order chi connectivity index (χ1) is 10.1. The predicted octanol–water partition coefficient (Wildman–Crippen LogP) is 2.44. The third-order valence-electron chi connectivity index (χ3n) is 3.57. The van der Waals surface area contributed by atoms with E-state index in [1.807, 2.05) is 11.5 Å². The van der Waals surface area contributed by atoms with Crippen LogP contribution in [0.15, 0.2) is 4.52 Å². The summed E-state index contributed by atoms with van der Waals surface area (Å²) in [7, 11) is 0. The second kappa shape index (κ2) is 5.48. The van der Waals surface area contributed by atoms with Gasteiger partial charge in [0.05, 0.1) is 5.69 Å². The van der Waals surface area contributed by atoms with Crippen LogP contribution in [0.4, 0.5) is 5.95 Å². The molecule has 0 radical (unpaired) electrons. The van der Waals surface area contributed by atoms with Gasteiger partial charge in [0, 0.05) is 18.0 Å². The lowest BCUT2D eigenvalue weighted by molar-refractivity contribution is -0.116. The molecule has 21 heavy (non-hydrogen) atoms. The van der Waals surface area contributed by atoms with Gasteiger partial charge in [0.1, 0.15) is 5.82 Å². The van der Waals surface area contributed by atoms with Crippen molar-refractivity contribution in [1.82, 2.24) is 19.9 Å². The van der Waals surface area contributed by atoms with E-state index in [9.17, 15) is 4.79 Å². The van der Waals surface area contributed by atoms with Crippen molar-refractivity contribution in [3.05, 3.63) is 22.3 Å². The molecule has 0 aromatic carbocycles. The van der Waals surface area contributed by atoms with Gasteiger partial charge < -0.3 is 4.52 Å². The number of carbonyl (C=O) groups excluding carboxylic acids is 1. The van der Waals surface area contributed by atoms with E-state index in [0.29, 0.717) is 30.5 Å². The SMILES string of the molecule is Cc1noc(Cl)c1CCC(=O)Nc1nnc(C)n1C1CC1. The summed E-state index contributed by atoms with van der Waals surface area (Å²) in [5.74, 6) is 1.22. The zero-order valence-corrected chi connectivity index (χ0v) is 12.6. The molecular weight excluding hydrogens is 294 g/mol. The molecule has 1 N–H and O–H groups in total. The molecule has 0 bridgehead atoms. The van der Waals surface area contributed by atoms with Crippen molar-refractivity contribution in [2.24, 2.45) is 0 Å². The van der Waals surface area contributed by atoms with Crippen molar-refractivity contribution >= 4 is 23.5 Å². The molecule has 1 amide bonds. The first-order valence-corrected chi connectivity index (χ1v) is 7.26. The Morgan fingerprint density at radius 3 is 2.81 bits per heavy atom. The van der Waals surface area contributed by atoms with Gasteiger partial charge in [-0.3, -0.25) is 14.7 Å². The summed E-state index contributed by atoms with van der Waals surface area (Å²) < 4.78 is 6.85. The van der Waals surface area contributed by atoms with Crippen LogP contribution in [-0.2, 0) is 11.2 Å². The van der Waals surface area contributed by atoms with Crippen LogP contribution in [0.3, 0.4) is 0 Å². The molecule has 2 aromatic heterocycles. The summed E-state index contributed by atoms with van der Waals surface area (Å²) >= 11 is 5.88. The van der Waals surface area contributed by atoms with Gasteiger partial charge in [0.2, 0.25) is 17.1 Å². The Morgan fingerprint density at radius 1 is 1.43 bits per heavy atom. The van der Waals surface area contributed by atoms with Gasteiger partial charge in [-0.1, -0.05) is 5.16 Å². The Morgan fingerprint density at radius 2 is 2.19 bits per heavy atom. The zero-order chi connectivity index (χ0) is 15.0. The van der Waals surface area contributed by atoms with Gasteiger partial charge in [-0.15, -0.1) is 10.2 Å². The van der Waals surface area contributed by atoms with Crippen molar-refractivity contribution in [3.63, 3.8) is 0 Å². The number of nitrogens with one attached hydrogen (secondary N) is 1. The number of anilines is 1. The number of rotatable bonds is 5. The highest BCUT2D eigenvalue weighted by Gasteiger charge is 2.28. The average molecular weight is 310 g/mol. The van der Waals surface area contributed by atoms with Gasteiger partial charge in [-0.05, 0) is 44.7 Å². The highest BCUT2D eigenvalue weighted by Crippen LogP contribution is 2.37. The monoisotopic (exact) mass is 309 g/mol. The fraction of sp³-hybridized carbons (Fsp3) is 0.538. The molecular formula is C13H16ClN5O2. The molecule has 7 nitrogen and oxygen atoms in total. The molecule has 112 valence electrons. The lowest BCUT2D eigenvalue weighted by atomic mass is 10.1. The molecule has 0 saturated heterocycles. The summed E-state index contributed by atoms with van der Waals surface area (Å²) in [5, 5.41) is 14.9. The summed E-state index contributed by atoms with van der Waals surface area (Å²) in [4.78, 5) is 12.0. The van der Waals surface area contributed by atoms with Gasteiger partial charge >= 0.3 is 0 Å². The number of halogens is 1. The van der Waals surface area contributed by atoms with Crippen molar-refractivity contribution in [3.8, 4) is 0 Å². The number of aryl methyl sites for hydroxylation is 2. The van der Waals surface area contributed by atoms with E-state index in [-0.39, 0.29) is 11.1 Å². The molecule has 3 rings (SSSR count). The van der Waals surface area contributed by atoms with Gasteiger partial charge in [-0.25, -0.2) is 0 Å². The molecule has 2 heterocycles. The van der Waals surface area contributed by atoms with Crippen molar-refractivity contribution in [1.29, 1.82) is 0 Å². The third kappa shape index (κ3) is 2.92. The minimum Gasteiger partial charge on any atom is -0.344 e. The predicted molar refractivity (Wildman–Crippen MR) is 76.2 cm³/mol. The second-order valence-corrected chi connectivity index (χ2v) is 5.58. The van der Waals surface area contributed by atoms with Gasteiger partial charge in [0.15, 0.2) is 0 Å². The van der Waals surface area contributed by atoms with Crippen LogP contribution in [-0.4, -0.2) is 25.8 Å². The Bertz CT molecular complexity index is 655. The number of carbonyl (C=O) groups is 1. The maximum atomic E-state index is 12.0. The van der Waals surface area contributed by atoms with E-state index in [1.165, 1.54) is 0 Å². The largest absolute Gasteiger partial charge is 0.344 e. The molecule has 0 unspecified atom stereocenters. The lowest BCUT2D eigenvalue weighted by Gasteiger charge is -2.07. The fourth-order valence-corrected chi connectivity index (χ4v) is 2.56. The lowest BCUT2D eigenvalue weighted by Crippen LogP contribution is -2.16. The second-order valence-electron chi connectivity index (χ2n) is 5.24. The van der Waals surface area contributed by atoms with Crippen LogP contribution >= 0.6 is 11.6 Å². The molecule has 0 aliphatic heterocycles. The molecule has 1 aliphatic rings. The first kappa shape index (κ1) is 14.1. The summed E-state index contributed by atoms with van der Waals surface area (Å²) in [6, 6.07) is 0.421. The number of amides is 1. The van der Waals surface area contributed by atoms with Gasteiger partial charge in [-0.2, -0.15) is 0 Å². The van der Waals surface area contributed by atoms with Gasteiger partial charge in [0.25, 0.3) is 0 Å². The van der Waals surface area contributed by atoms with Crippen molar-refractivity contribution in [2.75, 3.05) is 5.32 Å². The molecule has 8 heteroatoms. The summed E-state index contributed by atoms with van der Waals surface area (Å²) in [6.07, 6.45) is 2.99. The Kier molecular flexibility index (Phi) is 3.67. The molecule has 1 aliphatic carbocycles. The first-order valence-electron chi connectivity index (χ1n) is 6.88. The number of aromatic nitrogens is 4. The zero-order valence-electron chi connectivity index (χ0n) is 11.9. The highest BCUT2D eigenvalue weighted by atomic mass is 35.5. The standard InChI is InChI=1S/C13H16ClN5O2/c1-7-10(12(14)21-18-7)5-6-11(20)15-13-17-16-8(2)19(13)9-3-4-9/h9H,3-6H2,1-2H3,(H,15,17,20). The Hall–Kier alpha value is -1.89. The number of nitrogens with zero attached hydrogens (tertiary/aromatic N) is 4. The molecule has 0 spiro atoms. The Balaban J connectivity index is 1.62. The minimum atomic E-state index is -0.124. The van der Waals surface area contributed by atoms with Crippen LogP contribution in [0.1, 0.15) is 42.4 Å². The molecule has 2 aromatic rings. The number of hydrogen-bond donors (Lipinski definition) is 1.